The standard InChI is InChI=1S/C16H15O3P/c1-19-16(17)12-13-20(18,14-8-4-2-5-9-14)15-10-6-3-7-11-15/h2-13H,1H3/b13-12-. The van der Waals surface area contributed by atoms with E-state index in [1.807, 2.05) is 36.4 Å². The van der Waals surface area contributed by atoms with Crippen LogP contribution in [0.4, 0.5) is 0 Å². The number of ether oxygens (including phenoxy) is 1. The minimum Gasteiger partial charge on any atom is -0.466 e. The maximum atomic E-state index is 13.3. The number of methoxy groups -OCH3 is 1. The highest BCUT2D eigenvalue weighted by atomic mass is 31.2. The molecule has 3 nitrogen and oxygen atoms in total. The van der Waals surface area contributed by atoms with Crippen molar-refractivity contribution in [1.82, 2.24) is 0 Å². The molecular weight excluding hydrogens is 271 g/mol. The molecule has 20 heavy (non-hydrogen) atoms. The predicted octanol–water partition coefficient (Wildman–Crippen LogP) is 2.69. The number of hydrogen-bond donors (Lipinski definition) is 0. The lowest BCUT2D eigenvalue weighted by Gasteiger charge is -2.15. The predicted molar refractivity (Wildman–Crippen MR) is 80.9 cm³/mol. The van der Waals surface area contributed by atoms with Gasteiger partial charge in [0.05, 0.1) is 7.11 Å². The van der Waals surface area contributed by atoms with Crippen LogP contribution in [0, 0.1) is 0 Å². The average Bonchev–Trinajstić information content (AvgIpc) is 2.54. The van der Waals surface area contributed by atoms with Crippen molar-refractivity contribution in [2.45, 2.75) is 0 Å². The minimum absolute atomic E-state index is 0.517. The molecule has 4 heteroatoms. The van der Waals surface area contributed by atoms with Crippen molar-refractivity contribution in [2.24, 2.45) is 0 Å². The second kappa shape index (κ2) is 6.36. The van der Waals surface area contributed by atoms with Crippen LogP contribution >= 0.6 is 7.14 Å². The molecule has 2 rings (SSSR count). The quantitative estimate of drug-likeness (QED) is 0.493. The van der Waals surface area contributed by atoms with E-state index < -0.39 is 13.1 Å². The Morgan fingerprint density at radius 3 is 1.80 bits per heavy atom. The van der Waals surface area contributed by atoms with Crippen molar-refractivity contribution < 1.29 is 14.1 Å². The van der Waals surface area contributed by atoms with Gasteiger partial charge in [-0.25, -0.2) is 4.79 Å². The van der Waals surface area contributed by atoms with Crippen molar-refractivity contribution in [2.75, 3.05) is 7.11 Å². The molecule has 0 saturated carbocycles. The highest BCUT2D eigenvalue weighted by molar-refractivity contribution is 7.81. The van der Waals surface area contributed by atoms with Crippen molar-refractivity contribution in [3.8, 4) is 0 Å². The summed E-state index contributed by atoms with van der Waals surface area (Å²) in [6.07, 6.45) is 1.22. The van der Waals surface area contributed by atoms with Crippen molar-refractivity contribution in [3.05, 3.63) is 72.6 Å². The minimum atomic E-state index is -2.97. The van der Waals surface area contributed by atoms with E-state index in [0.717, 1.165) is 0 Å². The summed E-state index contributed by atoms with van der Waals surface area (Å²) in [6.45, 7) is 0. The van der Waals surface area contributed by atoms with E-state index in [4.69, 9.17) is 0 Å². The largest absolute Gasteiger partial charge is 0.466 e. The van der Waals surface area contributed by atoms with E-state index in [1.165, 1.54) is 19.0 Å². The SMILES string of the molecule is COC(=O)/C=C\P(=O)(c1ccccc1)c1ccccc1. The Hall–Kier alpha value is -2.12. The molecule has 0 saturated heterocycles. The van der Waals surface area contributed by atoms with Gasteiger partial charge in [0.15, 0.2) is 7.14 Å². The first-order valence-corrected chi connectivity index (χ1v) is 7.92. The first-order valence-electron chi connectivity index (χ1n) is 6.15. The van der Waals surface area contributed by atoms with Crippen LogP contribution in [0.25, 0.3) is 0 Å². The Bertz CT molecular complexity index is 604. The van der Waals surface area contributed by atoms with Crippen LogP contribution in [0.5, 0.6) is 0 Å². The molecule has 0 radical (unpaired) electrons. The van der Waals surface area contributed by atoms with Gasteiger partial charge >= 0.3 is 5.97 Å². The molecule has 0 heterocycles. The summed E-state index contributed by atoms with van der Waals surface area (Å²) in [5, 5.41) is 1.37. The maximum absolute atomic E-state index is 13.3. The number of esters is 1. The molecule has 0 spiro atoms. The van der Waals surface area contributed by atoms with Crippen molar-refractivity contribution in [1.29, 1.82) is 0 Å². The van der Waals surface area contributed by atoms with E-state index in [2.05, 4.69) is 4.74 Å². The molecule has 0 amide bonds. The molecule has 0 fully saturated rings. The van der Waals surface area contributed by atoms with E-state index in [1.54, 1.807) is 24.3 Å². The van der Waals surface area contributed by atoms with Gasteiger partial charge in [-0.2, -0.15) is 0 Å². The molecule has 2 aromatic carbocycles. The number of carbonyl (C=O) groups is 1. The summed E-state index contributed by atoms with van der Waals surface area (Å²) in [4.78, 5) is 11.3. The molecular formula is C16H15O3P. The highest BCUT2D eigenvalue weighted by Crippen LogP contribution is 2.44. The lowest BCUT2D eigenvalue weighted by atomic mass is 10.4. The van der Waals surface area contributed by atoms with Gasteiger partial charge in [0.2, 0.25) is 0 Å². The second-order valence-electron chi connectivity index (χ2n) is 4.17. The van der Waals surface area contributed by atoms with Gasteiger partial charge in [-0.1, -0.05) is 60.7 Å². The normalized spacial score (nSPS) is 11.4. The first-order chi connectivity index (χ1) is 9.66. The third-order valence-electron chi connectivity index (χ3n) is 2.90. The zero-order valence-electron chi connectivity index (χ0n) is 11.1. The highest BCUT2D eigenvalue weighted by Gasteiger charge is 2.24. The molecule has 102 valence electrons. The molecule has 0 unspecified atom stereocenters. The van der Waals surface area contributed by atoms with E-state index >= 15 is 0 Å². The van der Waals surface area contributed by atoms with E-state index in [9.17, 15) is 9.36 Å². The van der Waals surface area contributed by atoms with Crippen LogP contribution in [0.1, 0.15) is 0 Å². The fourth-order valence-corrected chi connectivity index (χ4v) is 4.06. The monoisotopic (exact) mass is 286 g/mol. The van der Waals surface area contributed by atoms with Gasteiger partial charge in [-0.05, 0) is 5.82 Å². The molecule has 2 aromatic rings. The van der Waals surface area contributed by atoms with Crippen LogP contribution in [-0.2, 0) is 14.1 Å². The summed E-state index contributed by atoms with van der Waals surface area (Å²) >= 11 is 0. The Morgan fingerprint density at radius 2 is 1.40 bits per heavy atom. The van der Waals surface area contributed by atoms with Crippen molar-refractivity contribution >= 4 is 23.7 Å². The zero-order chi connectivity index (χ0) is 14.4. The van der Waals surface area contributed by atoms with Crippen LogP contribution < -0.4 is 10.6 Å². The smallest absolute Gasteiger partial charge is 0.330 e. The van der Waals surface area contributed by atoms with Crippen LogP contribution in [0.3, 0.4) is 0 Å². The lowest BCUT2D eigenvalue weighted by Crippen LogP contribution is -2.14. The molecule has 0 atom stereocenters. The van der Waals surface area contributed by atoms with Gasteiger partial charge in [-0.15, -0.1) is 0 Å². The summed E-state index contributed by atoms with van der Waals surface area (Å²) in [5.41, 5.74) is 0. The number of benzene rings is 2. The molecule has 0 N–H and O–H groups in total. The fraction of sp³-hybridized carbons (Fsp3) is 0.0625. The first kappa shape index (κ1) is 14.3. The summed E-state index contributed by atoms with van der Waals surface area (Å²) < 4.78 is 17.9. The Kier molecular flexibility index (Phi) is 4.54. The second-order valence-corrected chi connectivity index (χ2v) is 6.81. The third-order valence-corrected chi connectivity index (χ3v) is 5.60. The van der Waals surface area contributed by atoms with Crippen LogP contribution in [0.2, 0.25) is 0 Å². The number of carbonyl (C=O) groups excluding carboxylic acids is 1. The molecule has 0 aromatic heterocycles. The Balaban J connectivity index is 2.53. The van der Waals surface area contributed by atoms with Crippen LogP contribution in [0.15, 0.2) is 72.6 Å². The summed E-state index contributed by atoms with van der Waals surface area (Å²) in [6, 6.07) is 18.3. The molecule has 0 aliphatic carbocycles. The van der Waals surface area contributed by atoms with Crippen molar-refractivity contribution in [3.63, 3.8) is 0 Å². The fourth-order valence-electron chi connectivity index (χ4n) is 1.85. The number of hydrogen-bond acceptors (Lipinski definition) is 3. The Morgan fingerprint density at radius 1 is 0.950 bits per heavy atom. The van der Waals surface area contributed by atoms with Crippen LogP contribution in [-0.4, -0.2) is 13.1 Å². The maximum Gasteiger partial charge on any atom is 0.330 e. The topological polar surface area (TPSA) is 43.4 Å². The summed E-state index contributed by atoms with van der Waals surface area (Å²) in [5.74, 6) is 0.931. The van der Waals surface area contributed by atoms with Gasteiger partial charge in [0, 0.05) is 16.7 Å². The van der Waals surface area contributed by atoms with E-state index in [0.29, 0.717) is 10.6 Å². The Labute approximate surface area is 118 Å². The van der Waals surface area contributed by atoms with Gasteiger partial charge in [-0.3, -0.25) is 0 Å². The third kappa shape index (κ3) is 3.06. The number of rotatable bonds is 4. The van der Waals surface area contributed by atoms with Gasteiger partial charge in [0.1, 0.15) is 0 Å². The molecule has 0 aliphatic rings. The summed E-state index contributed by atoms with van der Waals surface area (Å²) in [7, 11) is -1.68. The molecule has 0 bridgehead atoms. The molecule has 0 aliphatic heterocycles. The lowest BCUT2D eigenvalue weighted by molar-refractivity contribution is -0.134. The van der Waals surface area contributed by atoms with Gasteiger partial charge < -0.3 is 9.30 Å². The van der Waals surface area contributed by atoms with Gasteiger partial charge in [0.25, 0.3) is 0 Å². The van der Waals surface area contributed by atoms with E-state index in [-0.39, 0.29) is 0 Å². The average molecular weight is 286 g/mol. The zero-order valence-corrected chi connectivity index (χ0v) is 12.0.